The SMILES string of the molecule is CCNC(=NCc1cccc(COC2CCOCC2)c1)NC(C)c1cccc(Cl)c1. The van der Waals surface area contributed by atoms with Crippen molar-refractivity contribution in [2.24, 2.45) is 4.99 Å². The smallest absolute Gasteiger partial charge is 0.192 e. The van der Waals surface area contributed by atoms with Crippen LogP contribution in [0, 0.1) is 0 Å². The van der Waals surface area contributed by atoms with Crippen LogP contribution in [0.15, 0.2) is 53.5 Å². The van der Waals surface area contributed by atoms with E-state index >= 15 is 0 Å². The number of benzene rings is 2. The first-order chi connectivity index (χ1) is 14.6. The third kappa shape index (κ3) is 7.31. The number of aliphatic imine (C=N–C) groups is 1. The van der Waals surface area contributed by atoms with E-state index in [0.29, 0.717) is 19.3 Å². The summed E-state index contributed by atoms with van der Waals surface area (Å²) in [6.45, 7) is 7.80. The quantitative estimate of drug-likeness (QED) is 0.465. The Morgan fingerprint density at radius 1 is 1.17 bits per heavy atom. The minimum atomic E-state index is 0.0979. The zero-order valence-electron chi connectivity index (χ0n) is 17.9. The summed E-state index contributed by atoms with van der Waals surface area (Å²) in [5, 5.41) is 7.52. The van der Waals surface area contributed by atoms with E-state index < -0.39 is 0 Å². The molecule has 162 valence electrons. The lowest BCUT2D eigenvalue weighted by atomic mass is 10.1. The van der Waals surface area contributed by atoms with E-state index in [9.17, 15) is 0 Å². The van der Waals surface area contributed by atoms with Gasteiger partial charge < -0.3 is 20.1 Å². The molecule has 2 N–H and O–H groups in total. The number of nitrogens with zero attached hydrogens (tertiary/aromatic N) is 1. The molecule has 2 aromatic carbocycles. The van der Waals surface area contributed by atoms with Gasteiger partial charge in [0.05, 0.1) is 25.3 Å². The largest absolute Gasteiger partial charge is 0.381 e. The summed E-state index contributed by atoms with van der Waals surface area (Å²) in [5.74, 6) is 0.786. The van der Waals surface area contributed by atoms with Gasteiger partial charge in [0, 0.05) is 24.8 Å². The van der Waals surface area contributed by atoms with E-state index in [4.69, 9.17) is 26.1 Å². The summed E-state index contributed by atoms with van der Waals surface area (Å²) in [5.41, 5.74) is 3.47. The fourth-order valence-electron chi connectivity index (χ4n) is 3.43. The highest BCUT2D eigenvalue weighted by molar-refractivity contribution is 6.30. The molecule has 0 saturated carbocycles. The number of halogens is 1. The van der Waals surface area contributed by atoms with Gasteiger partial charge in [0.25, 0.3) is 0 Å². The summed E-state index contributed by atoms with van der Waals surface area (Å²) in [7, 11) is 0. The summed E-state index contributed by atoms with van der Waals surface area (Å²) in [6, 6.07) is 16.4. The molecule has 0 spiro atoms. The van der Waals surface area contributed by atoms with Crippen molar-refractivity contribution in [2.45, 2.75) is 52.0 Å². The molecule has 1 aliphatic rings. The summed E-state index contributed by atoms with van der Waals surface area (Å²) >= 11 is 6.13. The predicted molar refractivity (Wildman–Crippen MR) is 123 cm³/mol. The lowest BCUT2D eigenvalue weighted by molar-refractivity contribution is -0.0390. The van der Waals surface area contributed by atoms with E-state index in [1.54, 1.807) is 0 Å². The Bertz CT molecular complexity index is 822. The zero-order chi connectivity index (χ0) is 21.2. The number of hydrogen-bond acceptors (Lipinski definition) is 3. The molecule has 1 heterocycles. The Morgan fingerprint density at radius 3 is 2.70 bits per heavy atom. The molecule has 2 aromatic rings. The number of nitrogens with one attached hydrogen (secondary N) is 2. The number of ether oxygens (including phenoxy) is 2. The van der Waals surface area contributed by atoms with Crippen molar-refractivity contribution in [3.63, 3.8) is 0 Å². The Morgan fingerprint density at radius 2 is 1.93 bits per heavy atom. The van der Waals surface area contributed by atoms with Crippen LogP contribution in [0.25, 0.3) is 0 Å². The van der Waals surface area contributed by atoms with Crippen LogP contribution in [0.2, 0.25) is 5.02 Å². The average Bonchev–Trinajstić information content (AvgIpc) is 2.77. The maximum atomic E-state index is 6.13. The maximum absolute atomic E-state index is 6.13. The maximum Gasteiger partial charge on any atom is 0.192 e. The van der Waals surface area contributed by atoms with Gasteiger partial charge in [-0.1, -0.05) is 48.0 Å². The lowest BCUT2D eigenvalue weighted by Crippen LogP contribution is -2.38. The Balaban J connectivity index is 1.58. The predicted octanol–water partition coefficient (Wildman–Crippen LogP) is 4.85. The summed E-state index contributed by atoms with van der Waals surface area (Å²) < 4.78 is 11.4. The molecule has 1 unspecified atom stereocenters. The monoisotopic (exact) mass is 429 g/mol. The third-order valence-electron chi connectivity index (χ3n) is 5.11. The Labute approximate surface area is 184 Å². The van der Waals surface area contributed by atoms with E-state index in [2.05, 4.69) is 54.8 Å². The van der Waals surface area contributed by atoms with Gasteiger partial charge >= 0.3 is 0 Å². The highest BCUT2D eigenvalue weighted by atomic mass is 35.5. The van der Waals surface area contributed by atoms with Gasteiger partial charge in [-0.15, -0.1) is 0 Å². The van der Waals surface area contributed by atoms with Crippen LogP contribution in [0.4, 0.5) is 0 Å². The van der Waals surface area contributed by atoms with Gasteiger partial charge in [-0.2, -0.15) is 0 Å². The number of rotatable bonds is 8. The van der Waals surface area contributed by atoms with Crippen LogP contribution in [0.5, 0.6) is 0 Å². The average molecular weight is 430 g/mol. The lowest BCUT2D eigenvalue weighted by Gasteiger charge is -2.22. The van der Waals surface area contributed by atoms with Crippen molar-refractivity contribution in [3.8, 4) is 0 Å². The van der Waals surface area contributed by atoms with Crippen molar-refractivity contribution < 1.29 is 9.47 Å². The molecule has 0 aromatic heterocycles. The first-order valence-electron chi connectivity index (χ1n) is 10.7. The molecule has 1 aliphatic heterocycles. The Hall–Kier alpha value is -2.08. The molecular weight excluding hydrogens is 398 g/mol. The highest BCUT2D eigenvalue weighted by Crippen LogP contribution is 2.18. The second kappa shape index (κ2) is 11.9. The van der Waals surface area contributed by atoms with E-state index in [1.807, 2.05) is 18.2 Å². The van der Waals surface area contributed by atoms with Crippen LogP contribution in [0.3, 0.4) is 0 Å². The molecule has 1 fully saturated rings. The Kier molecular flexibility index (Phi) is 9.00. The van der Waals surface area contributed by atoms with Gasteiger partial charge in [0.1, 0.15) is 0 Å². The van der Waals surface area contributed by atoms with Gasteiger partial charge in [-0.25, -0.2) is 4.99 Å². The molecular formula is C24H32ClN3O2. The van der Waals surface area contributed by atoms with E-state index in [1.165, 1.54) is 5.56 Å². The fourth-order valence-corrected chi connectivity index (χ4v) is 3.63. The van der Waals surface area contributed by atoms with Crippen molar-refractivity contribution >= 4 is 17.6 Å². The van der Waals surface area contributed by atoms with Crippen LogP contribution in [-0.4, -0.2) is 31.8 Å². The van der Waals surface area contributed by atoms with E-state index in [0.717, 1.165) is 54.7 Å². The van der Waals surface area contributed by atoms with Crippen LogP contribution in [-0.2, 0) is 22.6 Å². The number of hydrogen-bond donors (Lipinski definition) is 2. The first-order valence-corrected chi connectivity index (χ1v) is 11.1. The van der Waals surface area contributed by atoms with Gasteiger partial charge in [-0.05, 0) is 55.5 Å². The standard InChI is InChI=1S/C24H32ClN3O2/c1-3-26-24(28-18(2)21-8-5-9-22(25)15-21)27-16-19-6-4-7-20(14-19)17-30-23-10-12-29-13-11-23/h4-9,14-15,18,23H,3,10-13,16-17H2,1-2H3,(H2,26,27,28). The summed E-state index contributed by atoms with van der Waals surface area (Å²) in [6.07, 6.45) is 2.26. The first kappa shape index (κ1) is 22.6. The van der Waals surface area contributed by atoms with Gasteiger partial charge in [0.2, 0.25) is 0 Å². The van der Waals surface area contributed by atoms with Crippen molar-refractivity contribution in [3.05, 3.63) is 70.2 Å². The van der Waals surface area contributed by atoms with Crippen LogP contribution in [0.1, 0.15) is 49.4 Å². The zero-order valence-corrected chi connectivity index (χ0v) is 18.6. The van der Waals surface area contributed by atoms with Crippen molar-refractivity contribution in [1.29, 1.82) is 0 Å². The molecule has 0 amide bonds. The fraction of sp³-hybridized carbons (Fsp3) is 0.458. The van der Waals surface area contributed by atoms with Crippen molar-refractivity contribution in [2.75, 3.05) is 19.8 Å². The highest BCUT2D eigenvalue weighted by Gasteiger charge is 2.14. The third-order valence-corrected chi connectivity index (χ3v) is 5.35. The minimum absolute atomic E-state index is 0.0979. The van der Waals surface area contributed by atoms with Gasteiger partial charge in [0.15, 0.2) is 5.96 Å². The van der Waals surface area contributed by atoms with Crippen molar-refractivity contribution in [1.82, 2.24) is 10.6 Å². The molecule has 6 heteroatoms. The number of guanidine groups is 1. The molecule has 1 atom stereocenters. The van der Waals surface area contributed by atoms with Gasteiger partial charge in [-0.3, -0.25) is 0 Å². The molecule has 0 aliphatic carbocycles. The molecule has 5 nitrogen and oxygen atoms in total. The normalized spacial score (nSPS) is 16.3. The van der Waals surface area contributed by atoms with Crippen LogP contribution < -0.4 is 10.6 Å². The molecule has 30 heavy (non-hydrogen) atoms. The van der Waals surface area contributed by atoms with Crippen LogP contribution >= 0.6 is 11.6 Å². The topological polar surface area (TPSA) is 54.9 Å². The molecule has 3 rings (SSSR count). The second-order valence-corrected chi connectivity index (χ2v) is 8.00. The second-order valence-electron chi connectivity index (χ2n) is 7.56. The minimum Gasteiger partial charge on any atom is -0.381 e. The molecule has 1 saturated heterocycles. The molecule has 0 bridgehead atoms. The summed E-state index contributed by atoms with van der Waals surface area (Å²) in [4.78, 5) is 4.77. The molecule has 0 radical (unpaired) electrons. The van der Waals surface area contributed by atoms with E-state index in [-0.39, 0.29) is 6.04 Å².